The van der Waals surface area contributed by atoms with Crippen molar-refractivity contribution in [1.29, 1.82) is 0 Å². The van der Waals surface area contributed by atoms with Crippen LogP contribution in [0, 0.1) is 0 Å². The van der Waals surface area contributed by atoms with Gasteiger partial charge in [0.1, 0.15) is 5.78 Å². The van der Waals surface area contributed by atoms with Gasteiger partial charge in [-0.3, -0.25) is 4.79 Å². The molecule has 0 saturated heterocycles. The number of ketones is 1. The van der Waals surface area contributed by atoms with Crippen LogP contribution < -0.4 is 10.2 Å². The van der Waals surface area contributed by atoms with Gasteiger partial charge in [0.25, 0.3) is 0 Å². The fraction of sp³-hybridized carbons (Fsp3) is 0.500. The first-order valence-electron chi connectivity index (χ1n) is 2.93. The minimum atomic E-state index is -1.49. The zero-order valence-corrected chi connectivity index (χ0v) is 7.78. The van der Waals surface area contributed by atoms with E-state index in [9.17, 15) is 24.6 Å². The molecule has 0 saturated carbocycles. The number of carboxylic acid groups (broad SMARTS) is 2. The van der Waals surface area contributed by atoms with Gasteiger partial charge < -0.3 is 19.8 Å². The average molecular weight is 182 g/mol. The summed E-state index contributed by atoms with van der Waals surface area (Å²) in [7, 11) is 0. The van der Waals surface area contributed by atoms with Crippen molar-refractivity contribution in [2.45, 2.75) is 19.3 Å². The van der Waals surface area contributed by atoms with Crippen LogP contribution in [-0.4, -0.2) is 40.8 Å². The maximum atomic E-state index is 10.4. The second-order valence-corrected chi connectivity index (χ2v) is 1.96. The average Bonchev–Trinajstić information content (AvgIpc) is 1.82. The number of hydrogen-bond acceptors (Lipinski definition) is 5. The van der Waals surface area contributed by atoms with Crippen molar-refractivity contribution < 1.29 is 24.6 Å². The summed E-state index contributed by atoms with van der Waals surface area (Å²) in [5.74, 6) is -3.51. The van der Waals surface area contributed by atoms with Crippen LogP contribution in [0.3, 0.4) is 0 Å². The predicted octanol–water partition coefficient (Wildman–Crippen LogP) is -3.16. The maximum Gasteiger partial charge on any atom is 2.00 e. The van der Waals surface area contributed by atoms with E-state index >= 15 is 0 Å². The molecule has 0 aliphatic rings. The molecular weight excluding hydrogens is 176 g/mol. The van der Waals surface area contributed by atoms with Gasteiger partial charge >= 0.3 is 23.1 Å². The van der Waals surface area contributed by atoms with Gasteiger partial charge in [-0.05, 0) is 6.42 Å². The van der Waals surface area contributed by atoms with Crippen LogP contribution in [0.5, 0.6) is 0 Å². The third-order valence-corrected chi connectivity index (χ3v) is 0.949. The van der Waals surface area contributed by atoms with Crippen LogP contribution in [0.1, 0.15) is 19.3 Å². The Kier molecular flexibility index (Phi) is 8.18. The van der Waals surface area contributed by atoms with Crippen molar-refractivity contribution in [3.8, 4) is 0 Å². The van der Waals surface area contributed by atoms with E-state index in [4.69, 9.17) is 0 Å². The number of Topliss-reactive ketones (excluding diaryl/α,β-unsaturated/α-hetero) is 1. The minimum Gasteiger partial charge on any atom is -0.550 e. The zero-order chi connectivity index (χ0) is 8.85. The van der Waals surface area contributed by atoms with E-state index in [1.807, 2.05) is 0 Å². The Bertz CT molecular complexity index is 188. The molecule has 0 fully saturated rings. The first-order valence-corrected chi connectivity index (χ1v) is 2.93. The third kappa shape index (κ3) is 9.38. The molecule has 0 aromatic rings. The summed E-state index contributed by atoms with van der Waals surface area (Å²) >= 11 is 0. The smallest absolute Gasteiger partial charge is 0.550 e. The van der Waals surface area contributed by atoms with Crippen molar-refractivity contribution in [3.05, 3.63) is 0 Å². The van der Waals surface area contributed by atoms with Gasteiger partial charge in [-0.1, -0.05) is 0 Å². The van der Waals surface area contributed by atoms with E-state index in [-0.39, 0.29) is 29.5 Å². The van der Waals surface area contributed by atoms with Gasteiger partial charge in [0, 0.05) is 24.8 Å². The molecule has 0 radical (unpaired) electrons. The molecule has 0 spiro atoms. The maximum absolute atomic E-state index is 10.4. The summed E-state index contributed by atoms with van der Waals surface area (Å²) in [6, 6.07) is 0. The molecule has 0 rings (SSSR count). The summed E-state index contributed by atoms with van der Waals surface area (Å²) in [6.45, 7) is 0. The predicted molar refractivity (Wildman–Crippen MR) is 34.6 cm³/mol. The fourth-order valence-corrected chi connectivity index (χ4v) is 0.491. The zero-order valence-electron chi connectivity index (χ0n) is 6.37. The van der Waals surface area contributed by atoms with Gasteiger partial charge in [-0.15, -0.1) is 0 Å². The normalized spacial score (nSPS) is 8.33. The van der Waals surface area contributed by atoms with Gasteiger partial charge in [-0.25, -0.2) is 0 Å². The van der Waals surface area contributed by atoms with E-state index < -0.39 is 30.6 Å². The summed E-state index contributed by atoms with van der Waals surface area (Å²) in [5, 5.41) is 19.5. The molecule has 0 aliphatic heterocycles. The summed E-state index contributed by atoms with van der Waals surface area (Å²) in [6.07, 6.45) is -1.48. The third-order valence-electron chi connectivity index (χ3n) is 0.949. The number of carbonyl (C=O) groups excluding carboxylic acids is 3. The van der Waals surface area contributed by atoms with E-state index in [2.05, 4.69) is 0 Å². The Balaban J connectivity index is 0. The van der Waals surface area contributed by atoms with Crippen molar-refractivity contribution in [2.75, 3.05) is 0 Å². The molecule has 0 heterocycles. The minimum absolute atomic E-state index is 0. The Morgan fingerprint density at radius 3 is 1.75 bits per heavy atom. The van der Waals surface area contributed by atoms with Crippen LogP contribution in [0.25, 0.3) is 0 Å². The second-order valence-electron chi connectivity index (χ2n) is 1.96. The van der Waals surface area contributed by atoms with Crippen LogP contribution in [-0.2, 0) is 14.4 Å². The Morgan fingerprint density at radius 2 is 1.42 bits per heavy atom. The Labute approximate surface area is 84.9 Å². The van der Waals surface area contributed by atoms with Crippen molar-refractivity contribution in [2.24, 2.45) is 0 Å². The number of hydrogen-bond donors (Lipinski definition) is 0. The van der Waals surface area contributed by atoms with E-state index in [1.165, 1.54) is 0 Å². The molecule has 0 N–H and O–H groups in total. The first-order chi connectivity index (χ1) is 5.02. The quantitative estimate of drug-likeness (QED) is 0.330. The molecule has 6 heteroatoms. The fourth-order valence-electron chi connectivity index (χ4n) is 0.491. The van der Waals surface area contributed by atoms with Gasteiger partial charge in [0.2, 0.25) is 0 Å². The number of carbonyl (C=O) groups is 3. The molecular formula is C6H6MgO5. The van der Waals surface area contributed by atoms with Crippen LogP contribution in [0.2, 0.25) is 0 Å². The Morgan fingerprint density at radius 1 is 0.917 bits per heavy atom. The van der Waals surface area contributed by atoms with Crippen molar-refractivity contribution in [3.63, 3.8) is 0 Å². The van der Waals surface area contributed by atoms with Gasteiger partial charge in [0.05, 0.1) is 0 Å². The standard InChI is InChI=1S/C6H8O5.Mg/c7-4(3-6(10)11)1-2-5(8)9;/h1-3H2,(H,8,9)(H,10,11);/q;+2/p-2. The van der Waals surface area contributed by atoms with E-state index in [0.717, 1.165) is 0 Å². The molecule has 0 amide bonds. The monoisotopic (exact) mass is 182 g/mol. The SMILES string of the molecule is O=C([O-])CCC(=O)CC(=O)[O-].[Mg+2]. The molecule has 62 valence electrons. The molecule has 0 bridgehead atoms. The van der Waals surface area contributed by atoms with Crippen LogP contribution in [0.15, 0.2) is 0 Å². The number of rotatable bonds is 5. The molecule has 0 aliphatic carbocycles. The molecule has 12 heavy (non-hydrogen) atoms. The topological polar surface area (TPSA) is 97.3 Å². The number of carboxylic acids is 2. The molecule has 0 unspecified atom stereocenters. The molecule has 0 aromatic carbocycles. The van der Waals surface area contributed by atoms with E-state index in [0.29, 0.717) is 0 Å². The second kappa shape index (κ2) is 7.05. The molecule has 0 aromatic heterocycles. The number of aliphatic carboxylic acids is 2. The summed E-state index contributed by atoms with van der Waals surface area (Å²) < 4.78 is 0. The first kappa shape index (κ1) is 13.9. The van der Waals surface area contributed by atoms with Gasteiger partial charge in [-0.2, -0.15) is 0 Å². The van der Waals surface area contributed by atoms with Crippen molar-refractivity contribution >= 4 is 40.8 Å². The summed E-state index contributed by atoms with van der Waals surface area (Å²) in [5.41, 5.74) is 0. The molecule has 5 nitrogen and oxygen atoms in total. The van der Waals surface area contributed by atoms with Crippen molar-refractivity contribution in [1.82, 2.24) is 0 Å². The Hall–Kier alpha value is -0.624. The van der Waals surface area contributed by atoms with E-state index in [1.54, 1.807) is 0 Å². The summed E-state index contributed by atoms with van der Waals surface area (Å²) in [4.78, 5) is 30.0. The van der Waals surface area contributed by atoms with Crippen LogP contribution >= 0.6 is 0 Å². The molecule has 0 atom stereocenters. The van der Waals surface area contributed by atoms with Crippen LogP contribution in [0.4, 0.5) is 0 Å². The largest absolute Gasteiger partial charge is 2.00 e. The van der Waals surface area contributed by atoms with Gasteiger partial charge in [0.15, 0.2) is 0 Å².